The summed E-state index contributed by atoms with van der Waals surface area (Å²) in [6.45, 7) is 7.29. The number of carbonyl (C=O) groups excluding carboxylic acids is 1. The molecule has 1 saturated carbocycles. The summed E-state index contributed by atoms with van der Waals surface area (Å²) in [7, 11) is 0. The highest BCUT2D eigenvalue weighted by Crippen LogP contribution is 2.36. The van der Waals surface area contributed by atoms with E-state index in [4.69, 9.17) is 10.5 Å². The molecule has 0 aromatic carbocycles. The third-order valence-electron chi connectivity index (χ3n) is 4.63. The molecular weight excluding hydrogens is 254 g/mol. The zero-order valence-electron chi connectivity index (χ0n) is 12.7. The van der Waals surface area contributed by atoms with Crippen LogP contribution in [0.4, 0.5) is 0 Å². The predicted molar refractivity (Wildman–Crippen MR) is 79.4 cm³/mol. The Labute approximate surface area is 122 Å². The average molecular weight is 283 g/mol. The molecule has 20 heavy (non-hydrogen) atoms. The van der Waals surface area contributed by atoms with Gasteiger partial charge in [0, 0.05) is 31.6 Å². The summed E-state index contributed by atoms with van der Waals surface area (Å²) < 4.78 is 5.42. The number of ether oxygens (including phenoxy) is 1. The average Bonchev–Trinajstić information content (AvgIpc) is 2.47. The number of hydrogen-bond acceptors (Lipinski definition) is 4. The number of carbonyl (C=O) groups is 1. The number of nitrogens with two attached hydrogens (primary N) is 1. The second-order valence-corrected chi connectivity index (χ2v) is 6.46. The van der Waals surface area contributed by atoms with E-state index < -0.39 is 6.04 Å². The standard InChI is InChI=1S/C15H29N3O2/c1-13(16)14(19)17-11-15(5-3-2-4-6-15)12-18-7-9-20-10-8-18/h13H,2-12,16H2,1H3,(H,17,19)/t13-/m1/s1. The van der Waals surface area contributed by atoms with Gasteiger partial charge < -0.3 is 15.8 Å². The van der Waals surface area contributed by atoms with E-state index in [9.17, 15) is 4.79 Å². The molecule has 1 atom stereocenters. The first kappa shape index (κ1) is 15.7. The zero-order valence-corrected chi connectivity index (χ0v) is 12.7. The van der Waals surface area contributed by atoms with Gasteiger partial charge in [-0.3, -0.25) is 9.69 Å². The van der Waals surface area contributed by atoms with Gasteiger partial charge in [-0.1, -0.05) is 19.3 Å². The number of rotatable bonds is 5. The number of hydrogen-bond donors (Lipinski definition) is 2. The Kier molecular flexibility index (Phi) is 5.81. The molecule has 1 heterocycles. The summed E-state index contributed by atoms with van der Waals surface area (Å²) in [5.41, 5.74) is 5.88. The Balaban J connectivity index is 1.91. The van der Waals surface area contributed by atoms with Crippen LogP contribution in [-0.2, 0) is 9.53 Å². The van der Waals surface area contributed by atoms with Crippen molar-refractivity contribution in [2.24, 2.45) is 11.1 Å². The van der Waals surface area contributed by atoms with Crippen LogP contribution in [0.2, 0.25) is 0 Å². The number of amides is 1. The highest BCUT2D eigenvalue weighted by Gasteiger charge is 2.34. The number of morpholine rings is 1. The van der Waals surface area contributed by atoms with Gasteiger partial charge in [-0.05, 0) is 19.8 Å². The molecule has 2 rings (SSSR count). The topological polar surface area (TPSA) is 67.6 Å². The Hall–Kier alpha value is -0.650. The van der Waals surface area contributed by atoms with E-state index in [0.717, 1.165) is 39.4 Å². The summed E-state index contributed by atoms with van der Waals surface area (Å²) in [5.74, 6) is -0.0306. The van der Waals surface area contributed by atoms with Crippen molar-refractivity contribution < 1.29 is 9.53 Å². The van der Waals surface area contributed by atoms with E-state index in [1.54, 1.807) is 6.92 Å². The van der Waals surface area contributed by atoms with Crippen LogP contribution in [-0.4, -0.2) is 56.2 Å². The van der Waals surface area contributed by atoms with E-state index >= 15 is 0 Å². The highest BCUT2D eigenvalue weighted by atomic mass is 16.5. The lowest BCUT2D eigenvalue weighted by atomic mass is 9.73. The maximum absolute atomic E-state index is 11.8. The molecule has 2 aliphatic rings. The summed E-state index contributed by atoms with van der Waals surface area (Å²) >= 11 is 0. The molecule has 2 fully saturated rings. The van der Waals surface area contributed by atoms with Gasteiger partial charge in [0.05, 0.1) is 19.3 Å². The first-order valence-corrected chi connectivity index (χ1v) is 7.95. The Morgan fingerprint density at radius 3 is 2.55 bits per heavy atom. The van der Waals surface area contributed by atoms with Gasteiger partial charge >= 0.3 is 0 Å². The summed E-state index contributed by atoms with van der Waals surface area (Å²) in [6.07, 6.45) is 6.30. The molecule has 1 aliphatic heterocycles. The minimum Gasteiger partial charge on any atom is -0.379 e. The van der Waals surface area contributed by atoms with Crippen LogP contribution in [0.15, 0.2) is 0 Å². The maximum Gasteiger partial charge on any atom is 0.236 e. The lowest BCUT2D eigenvalue weighted by molar-refractivity contribution is -0.122. The van der Waals surface area contributed by atoms with Gasteiger partial charge in [-0.2, -0.15) is 0 Å². The van der Waals surface area contributed by atoms with Gasteiger partial charge in [-0.15, -0.1) is 0 Å². The fraction of sp³-hybridized carbons (Fsp3) is 0.933. The predicted octanol–water partition coefficient (Wildman–Crippen LogP) is 0.732. The Morgan fingerprint density at radius 2 is 1.95 bits per heavy atom. The first-order valence-electron chi connectivity index (χ1n) is 7.95. The van der Waals surface area contributed by atoms with Gasteiger partial charge in [0.1, 0.15) is 0 Å². The zero-order chi connectivity index (χ0) is 14.4. The molecule has 0 unspecified atom stereocenters. The molecule has 1 saturated heterocycles. The van der Waals surface area contributed by atoms with Gasteiger partial charge in [0.25, 0.3) is 0 Å². The van der Waals surface area contributed by atoms with Crippen molar-refractivity contribution in [1.82, 2.24) is 10.2 Å². The van der Waals surface area contributed by atoms with E-state index in [-0.39, 0.29) is 11.3 Å². The van der Waals surface area contributed by atoms with Crippen molar-refractivity contribution in [2.45, 2.75) is 45.1 Å². The van der Waals surface area contributed by atoms with Crippen LogP contribution >= 0.6 is 0 Å². The van der Waals surface area contributed by atoms with Crippen LogP contribution in [0.25, 0.3) is 0 Å². The third kappa shape index (κ3) is 4.43. The molecule has 0 bridgehead atoms. The smallest absolute Gasteiger partial charge is 0.236 e. The molecule has 0 aromatic heterocycles. The molecular formula is C15H29N3O2. The van der Waals surface area contributed by atoms with Crippen LogP contribution in [0, 0.1) is 5.41 Å². The molecule has 5 heteroatoms. The molecule has 0 spiro atoms. The summed E-state index contributed by atoms with van der Waals surface area (Å²) in [6, 6.07) is -0.418. The number of nitrogens with one attached hydrogen (secondary N) is 1. The SMILES string of the molecule is C[C@@H](N)C(=O)NCC1(CN2CCOCC2)CCCCC1. The largest absolute Gasteiger partial charge is 0.379 e. The maximum atomic E-state index is 11.8. The lowest BCUT2D eigenvalue weighted by Crippen LogP contribution is -2.51. The first-order chi connectivity index (χ1) is 9.61. The van der Waals surface area contributed by atoms with Crippen LogP contribution < -0.4 is 11.1 Å². The van der Waals surface area contributed by atoms with E-state index in [2.05, 4.69) is 10.2 Å². The van der Waals surface area contributed by atoms with Crippen LogP contribution in [0.1, 0.15) is 39.0 Å². The summed E-state index contributed by atoms with van der Waals surface area (Å²) in [4.78, 5) is 14.2. The quantitative estimate of drug-likeness (QED) is 0.780. The van der Waals surface area contributed by atoms with Crippen molar-refractivity contribution in [2.75, 3.05) is 39.4 Å². The normalized spacial score (nSPS) is 25.1. The van der Waals surface area contributed by atoms with E-state index in [1.807, 2.05) is 0 Å². The molecule has 1 amide bonds. The van der Waals surface area contributed by atoms with Crippen molar-refractivity contribution in [3.63, 3.8) is 0 Å². The van der Waals surface area contributed by atoms with Gasteiger partial charge in [0.2, 0.25) is 5.91 Å². The fourth-order valence-corrected chi connectivity index (χ4v) is 3.36. The van der Waals surface area contributed by atoms with E-state index in [0.29, 0.717) is 0 Å². The van der Waals surface area contributed by atoms with Gasteiger partial charge in [0.15, 0.2) is 0 Å². The van der Waals surface area contributed by atoms with Crippen molar-refractivity contribution >= 4 is 5.91 Å². The molecule has 3 N–H and O–H groups in total. The van der Waals surface area contributed by atoms with Crippen molar-refractivity contribution in [3.05, 3.63) is 0 Å². The minimum absolute atomic E-state index is 0.0306. The molecule has 116 valence electrons. The van der Waals surface area contributed by atoms with Gasteiger partial charge in [-0.25, -0.2) is 0 Å². The van der Waals surface area contributed by atoms with Crippen molar-refractivity contribution in [1.29, 1.82) is 0 Å². The van der Waals surface area contributed by atoms with Crippen LogP contribution in [0.5, 0.6) is 0 Å². The molecule has 0 aromatic rings. The Bertz CT molecular complexity index is 308. The molecule has 5 nitrogen and oxygen atoms in total. The lowest BCUT2D eigenvalue weighted by Gasteiger charge is -2.42. The van der Waals surface area contributed by atoms with Crippen molar-refractivity contribution in [3.8, 4) is 0 Å². The second kappa shape index (κ2) is 7.38. The monoisotopic (exact) mass is 283 g/mol. The highest BCUT2D eigenvalue weighted by molar-refractivity contribution is 5.80. The third-order valence-corrected chi connectivity index (χ3v) is 4.63. The second-order valence-electron chi connectivity index (χ2n) is 6.46. The minimum atomic E-state index is -0.418. The summed E-state index contributed by atoms with van der Waals surface area (Å²) in [5, 5.41) is 3.06. The van der Waals surface area contributed by atoms with E-state index in [1.165, 1.54) is 32.1 Å². The van der Waals surface area contributed by atoms with Crippen LogP contribution in [0.3, 0.4) is 0 Å². The molecule has 1 aliphatic carbocycles. The number of nitrogens with zero attached hydrogens (tertiary/aromatic N) is 1. The fourth-order valence-electron chi connectivity index (χ4n) is 3.36. The Morgan fingerprint density at radius 1 is 1.30 bits per heavy atom. The molecule has 0 radical (unpaired) electrons.